The SMILES string of the molecule is COC(=O)C1CN(C(=O)c2cc(O)ccc2Cl)CC1C. The molecule has 1 N–H and O–H groups in total. The number of benzene rings is 1. The van der Waals surface area contributed by atoms with Crippen LogP contribution in [0, 0.1) is 11.8 Å². The summed E-state index contributed by atoms with van der Waals surface area (Å²) in [5, 5.41) is 9.74. The van der Waals surface area contributed by atoms with Crippen LogP contribution in [0.5, 0.6) is 5.75 Å². The minimum atomic E-state index is -0.319. The monoisotopic (exact) mass is 297 g/mol. The number of esters is 1. The summed E-state index contributed by atoms with van der Waals surface area (Å²) < 4.78 is 4.74. The molecular weight excluding hydrogens is 282 g/mol. The fourth-order valence-corrected chi connectivity index (χ4v) is 2.64. The van der Waals surface area contributed by atoms with Crippen LogP contribution in [0.1, 0.15) is 17.3 Å². The van der Waals surface area contributed by atoms with Gasteiger partial charge in [0.25, 0.3) is 5.91 Å². The molecule has 108 valence electrons. The summed E-state index contributed by atoms with van der Waals surface area (Å²) in [6.45, 7) is 2.67. The lowest BCUT2D eigenvalue weighted by molar-refractivity contribution is -0.146. The predicted molar refractivity (Wildman–Crippen MR) is 73.7 cm³/mol. The Bertz CT molecular complexity index is 546. The number of phenolic OH excluding ortho intramolecular Hbond substituents is 1. The van der Waals surface area contributed by atoms with Crippen molar-refractivity contribution in [3.05, 3.63) is 28.8 Å². The Morgan fingerprint density at radius 2 is 2.10 bits per heavy atom. The van der Waals surface area contributed by atoms with Crippen molar-refractivity contribution in [1.29, 1.82) is 0 Å². The molecule has 1 heterocycles. The van der Waals surface area contributed by atoms with Gasteiger partial charge >= 0.3 is 5.97 Å². The van der Waals surface area contributed by atoms with Crippen molar-refractivity contribution in [1.82, 2.24) is 4.90 Å². The number of amides is 1. The molecule has 2 unspecified atom stereocenters. The highest BCUT2D eigenvalue weighted by atomic mass is 35.5. The van der Waals surface area contributed by atoms with Gasteiger partial charge in [0.1, 0.15) is 5.75 Å². The number of hydrogen-bond acceptors (Lipinski definition) is 4. The Hall–Kier alpha value is -1.75. The Morgan fingerprint density at radius 1 is 1.40 bits per heavy atom. The fourth-order valence-electron chi connectivity index (χ4n) is 2.44. The van der Waals surface area contributed by atoms with E-state index in [2.05, 4.69) is 0 Å². The molecule has 0 bridgehead atoms. The first-order chi connectivity index (χ1) is 9.43. The van der Waals surface area contributed by atoms with Gasteiger partial charge in [0.2, 0.25) is 0 Å². The molecule has 1 aromatic carbocycles. The van der Waals surface area contributed by atoms with Crippen LogP contribution in [-0.2, 0) is 9.53 Å². The normalized spacial score (nSPS) is 21.9. The second-order valence-corrected chi connectivity index (χ2v) is 5.39. The third-order valence-electron chi connectivity index (χ3n) is 3.58. The molecule has 5 nitrogen and oxygen atoms in total. The van der Waals surface area contributed by atoms with E-state index in [1.807, 2.05) is 6.92 Å². The number of likely N-dealkylation sites (tertiary alicyclic amines) is 1. The molecule has 0 saturated carbocycles. The molecule has 1 amide bonds. The number of ether oxygens (including phenoxy) is 1. The Balaban J connectivity index is 2.19. The van der Waals surface area contributed by atoms with Crippen molar-refractivity contribution in [3.63, 3.8) is 0 Å². The molecule has 2 atom stereocenters. The maximum Gasteiger partial charge on any atom is 0.310 e. The summed E-state index contributed by atoms with van der Waals surface area (Å²) in [7, 11) is 1.34. The van der Waals surface area contributed by atoms with E-state index in [0.29, 0.717) is 13.1 Å². The number of carbonyl (C=O) groups excluding carboxylic acids is 2. The number of aromatic hydroxyl groups is 1. The summed E-state index contributed by atoms with van der Waals surface area (Å²) in [5.74, 6) is -0.906. The van der Waals surface area contributed by atoms with Gasteiger partial charge in [-0.15, -0.1) is 0 Å². The zero-order valence-electron chi connectivity index (χ0n) is 11.3. The number of hydrogen-bond donors (Lipinski definition) is 1. The molecule has 1 saturated heterocycles. The van der Waals surface area contributed by atoms with Gasteiger partial charge in [-0.1, -0.05) is 18.5 Å². The van der Waals surface area contributed by atoms with Gasteiger partial charge in [0, 0.05) is 13.1 Å². The van der Waals surface area contributed by atoms with E-state index in [0.717, 1.165) is 0 Å². The van der Waals surface area contributed by atoms with Crippen LogP contribution in [0.3, 0.4) is 0 Å². The summed E-state index contributed by atoms with van der Waals surface area (Å²) >= 11 is 5.98. The summed E-state index contributed by atoms with van der Waals surface area (Å²) in [4.78, 5) is 25.6. The quantitative estimate of drug-likeness (QED) is 0.847. The lowest BCUT2D eigenvalue weighted by Gasteiger charge is -2.17. The van der Waals surface area contributed by atoms with E-state index in [4.69, 9.17) is 16.3 Å². The highest BCUT2D eigenvalue weighted by molar-refractivity contribution is 6.33. The lowest BCUT2D eigenvalue weighted by Crippen LogP contribution is -2.30. The molecule has 20 heavy (non-hydrogen) atoms. The van der Waals surface area contributed by atoms with E-state index in [1.54, 1.807) is 4.90 Å². The Kier molecular flexibility index (Phi) is 4.18. The smallest absolute Gasteiger partial charge is 0.310 e. The average Bonchev–Trinajstić information content (AvgIpc) is 2.82. The van der Waals surface area contributed by atoms with Crippen molar-refractivity contribution in [3.8, 4) is 5.75 Å². The van der Waals surface area contributed by atoms with Gasteiger partial charge in [-0.2, -0.15) is 0 Å². The van der Waals surface area contributed by atoms with Crippen molar-refractivity contribution in [2.45, 2.75) is 6.92 Å². The van der Waals surface area contributed by atoms with Crippen LogP contribution < -0.4 is 0 Å². The number of halogens is 1. The van der Waals surface area contributed by atoms with Gasteiger partial charge in [-0.05, 0) is 24.1 Å². The van der Waals surface area contributed by atoms with Crippen LogP contribution in [0.25, 0.3) is 0 Å². The number of phenols is 1. The lowest BCUT2D eigenvalue weighted by atomic mass is 9.99. The number of nitrogens with zero attached hydrogens (tertiary/aromatic N) is 1. The topological polar surface area (TPSA) is 66.8 Å². The predicted octanol–water partition coefficient (Wildman–Crippen LogP) is 1.93. The maximum absolute atomic E-state index is 12.4. The molecule has 1 fully saturated rings. The molecule has 1 aliphatic heterocycles. The number of rotatable bonds is 2. The zero-order chi connectivity index (χ0) is 14.9. The summed E-state index contributed by atoms with van der Waals surface area (Å²) in [6, 6.07) is 4.23. The Labute approximate surface area is 122 Å². The molecule has 0 radical (unpaired) electrons. The van der Waals surface area contributed by atoms with E-state index in [1.165, 1.54) is 25.3 Å². The molecule has 1 aromatic rings. The first-order valence-electron chi connectivity index (χ1n) is 6.29. The first-order valence-corrected chi connectivity index (χ1v) is 6.67. The summed E-state index contributed by atoms with van der Waals surface area (Å²) in [5.41, 5.74) is 0.240. The second-order valence-electron chi connectivity index (χ2n) is 4.98. The number of methoxy groups -OCH3 is 1. The molecule has 0 aromatic heterocycles. The van der Waals surface area contributed by atoms with E-state index < -0.39 is 0 Å². The standard InChI is InChI=1S/C14H16ClNO4/c1-8-6-16(7-11(8)14(19)20-2)13(18)10-5-9(17)3-4-12(10)15/h3-5,8,11,17H,6-7H2,1-2H3. The average molecular weight is 298 g/mol. The molecule has 2 rings (SSSR count). The van der Waals surface area contributed by atoms with Crippen LogP contribution in [0.2, 0.25) is 5.02 Å². The first kappa shape index (κ1) is 14.7. The van der Waals surface area contributed by atoms with Gasteiger partial charge < -0.3 is 14.7 Å². The minimum absolute atomic E-state index is 0.0190. The van der Waals surface area contributed by atoms with Gasteiger partial charge in [0.15, 0.2) is 0 Å². The maximum atomic E-state index is 12.4. The largest absolute Gasteiger partial charge is 0.508 e. The number of carbonyl (C=O) groups is 2. The Morgan fingerprint density at radius 3 is 2.75 bits per heavy atom. The highest BCUT2D eigenvalue weighted by Gasteiger charge is 2.38. The third-order valence-corrected chi connectivity index (χ3v) is 3.91. The summed E-state index contributed by atoms with van der Waals surface area (Å²) in [6.07, 6.45) is 0. The van der Waals surface area contributed by atoms with E-state index in [-0.39, 0.29) is 40.0 Å². The van der Waals surface area contributed by atoms with Crippen LogP contribution in [0.15, 0.2) is 18.2 Å². The van der Waals surface area contributed by atoms with Gasteiger partial charge in [-0.3, -0.25) is 9.59 Å². The van der Waals surface area contributed by atoms with E-state index >= 15 is 0 Å². The van der Waals surface area contributed by atoms with Crippen molar-refractivity contribution < 1.29 is 19.4 Å². The van der Waals surface area contributed by atoms with Gasteiger partial charge in [-0.25, -0.2) is 0 Å². The fraction of sp³-hybridized carbons (Fsp3) is 0.429. The van der Waals surface area contributed by atoms with Crippen molar-refractivity contribution in [2.75, 3.05) is 20.2 Å². The van der Waals surface area contributed by atoms with Crippen LogP contribution in [0.4, 0.5) is 0 Å². The molecule has 1 aliphatic rings. The molecule has 6 heteroatoms. The van der Waals surface area contributed by atoms with Crippen LogP contribution >= 0.6 is 11.6 Å². The molecular formula is C14H16ClNO4. The van der Waals surface area contributed by atoms with Crippen LogP contribution in [-0.4, -0.2) is 42.1 Å². The van der Waals surface area contributed by atoms with Gasteiger partial charge in [0.05, 0.1) is 23.6 Å². The highest BCUT2D eigenvalue weighted by Crippen LogP contribution is 2.28. The molecule has 0 aliphatic carbocycles. The van der Waals surface area contributed by atoms with E-state index in [9.17, 15) is 14.7 Å². The zero-order valence-corrected chi connectivity index (χ0v) is 12.1. The molecule has 0 spiro atoms. The van der Waals surface area contributed by atoms with Crippen molar-refractivity contribution in [2.24, 2.45) is 11.8 Å². The second kappa shape index (κ2) is 5.71. The minimum Gasteiger partial charge on any atom is -0.508 e. The third kappa shape index (κ3) is 2.72. The van der Waals surface area contributed by atoms with Crippen molar-refractivity contribution >= 4 is 23.5 Å².